The Balaban J connectivity index is 2.00. The quantitative estimate of drug-likeness (QED) is 0.0569. The van der Waals surface area contributed by atoms with Crippen molar-refractivity contribution in [2.45, 2.75) is 116 Å². The van der Waals surface area contributed by atoms with Crippen LogP contribution in [0.2, 0.25) is 0 Å². The summed E-state index contributed by atoms with van der Waals surface area (Å²) in [5, 5.41) is 0. The molecule has 0 radical (unpaired) electrons. The summed E-state index contributed by atoms with van der Waals surface area (Å²) in [5.74, 6) is -11.4. The zero-order valence-electron chi connectivity index (χ0n) is 21.3. The van der Waals surface area contributed by atoms with Crippen molar-refractivity contribution in [3.05, 3.63) is 34.6 Å². The largest absolute Gasteiger partial charge is 0.466 e. The second-order valence-electron chi connectivity index (χ2n) is 9.03. The molecule has 206 valence electrons. The number of esters is 2. The van der Waals surface area contributed by atoms with Gasteiger partial charge in [0.05, 0.1) is 12.2 Å². The maximum atomic E-state index is 13.6. The van der Waals surface area contributed by atoms with Crippen LogP contribution in [0.1, 0.15) is 115 Å². The maximum Gasteiger partial charge on any atom is 0.306 e. The number of unbranched alkanes of at least 4 members (excludes halogenated alkanes) is 12. The first kappa shape index (κ1) is 31.8. The number of carbonyl (C=O) groups is 2. The molecule has 0 saturated heterocycles. The molecule has 0 aliphatic carbocycles. The van der Waals surface area contributed by atoms with Gasteiger partial charge in [0.25, 0.3) is 0 Å². The molecule has 0 unspecified atom stereocenters. The van der Waals surface area contributed by atoms with Crippen molar-refractivity contribution < 1.29 is 41.0 Å². The topological polar surface area (TPSA) is 52.6 Å². The minimum Gasteiger partial charge on any atom is -0.466 e. The number of benzene rings is 1. The van der Waals surface area contributed by atoms with E-state index in [-0.39, 0.29) is 12.4 Å². The average molecular weight is 523 g/mol. The van der Waals surface area contributed by atoms with Crippen molar-refractivity contribution in [3.63, 3.8) is 0 Å². The summed E-state index contributed by atoms with van der Waals surface area (Å²) in [4.78, 5) is 23.4. The number of hydrogen-bond acceptors (Lipinski definition) is 4. The van der Waals surface area contributed by atoms with Gasteiger partial charge in [-0.05, 0) is 19.3 Å². The summed E-state index contributed by atoms with van der Waals surface area (Å²) in [6, 6.07) is 0. The Kier molecular flexibility index (Phi) is 16.8. The van der Waals surface area contributed by atoms with Crippen molar-refractivity contribution in [1.29, 1.82) is 0 Å². The molecule has 0 fully saturated rings. The standard InChI is InChI=1S/C27H39F5O4/c1-2-3-4-5-6-9-12-15-18-35-21(33)16-13-10-7-8-11-14-17-22(34)36-19-20-23(28)25(30)27(32)26(31)24(20)29/h2-19H2,1H3. The predicted molar refractivity (Wildman–Crippen MR) is 127 cm³/mol. The molecule has 0 aliphatic heterocycles. The summed E-state index contributed by atoms with van der Waals surface area (Å²) in [6.07, 6.45) is 14.4. The lowest BCUT2D eigenvalue weighted by Crippen LogP contribution is -2.11. The normalized spacial score (nSPS) is 11.1. The SMILES string of the molecule is CCCCCCCCCCOC(=O)CCCCCCCCC(=O)OCc1c(F)c(F)c(F)c(F)c1F. The Bertz CT molecular complexity index is 772. The highest BCUT2D eigenvalue weighted by molar-refractivity contribution is 5.69. The lowest BCUT2D eigenvalue weighted by Gasteiger charge is -2.09. The van der Waals surface area contributed by atoms with Gasteiger partial charge in [-0.3, -0.25) is 9.59 Å². The third-order valence-electron chi connectivity index (χ3n) is 5.95. The fourth-order valence-corrected chi connectivity index (χ4v) is 3.74. The van der Waals surface area contributed by atoms with Crippen LogP contribution in [0.15, 0.2) is 0 Å². The van der Waals surface area contributed by atoms with Gasteiger partial charge in [-0.25, -0.2) is 22.0 Å². The van der Waals surface area contributed by atoms with E-state index in [2.05, 4.69) is 11.7 Å². The molecule has 0 saturated carbocycles. The maximum absolute atomic E-state index is 13.6. The van der Waals surface area contributed by atoms with Gasteiger partial charge < -0.3 is 9.47 Å². The van der Waals surface area contributed by atoms with Crippen LogP contribution in [-0.2, 0) is 25.7 Å². The molecule has 9 heteroatoms. The molecule has 1 aromatic rings. The van der Waals surface area contributed by atoms with Crippen LogP contribution in [0.5, 0.6) is 0 Å². The van der Waals surface area contributed by atoms with Crippen LogP contribution in [0, 0.1) is 29.1 Å². The average Bonchev–Trinajstić information content (AvgIpc) is 2.86. The monoisotopic (exact) mass is 522 g/mol. The van der Waals surface area contributed by atoms with E-state index >= 15 is 0 Å². The lowest BCUT2D eigenvalue weighted by molar-refractivity contribution is -0.145. The van der Waals surface area contributed by atoms with Gasteiger partial charge in [0, 0.05) is 12.8 Å². The van der Waals surface area contributed by atoms with E-state index in [1.54, 1.807) is 0 Å². The van der Waals surface area contributed by atoms with E-state index in [9.17, 15) is 31.5 Å². The molecule has 0 bridgehead atoms. The van der Waals surface area contributed by atoms with Crippen LogP contribution in [0.3, 0.4) is 0 Å². The highest BCUT2D eigenvalue weighted by Crippen LogP contribution is 2.23. The number of hydrogen-bond donors (Lipinski definition) is 0. The van der Waals surface area contributed by atoms with Gasteiger partial charge in [-0.2, -0.15) is 0 Å². The third-order valence-corrected chi connectivity index (χ3v) is 5.95. The van der Waals surface area contributed by atoms with Crippen LogP contribution in [0.25, 0.3) is 0 Å². The minimum atomic E-state index is -2.25. The summed E-state index contributed by atoms with van der Waals surface area (Å²) in [5.41, 5.74) is -1.17. The molecule has 0 spiro atoms. The molecule has 0 amide bonds. The highest BCUT2D eigenvalue weighted by atomic mass is 19.2. The van der Waals surface area contributed by atoms with Crippen molar-refractivity contribution >= 4 is 11.9 Å². The van der Waals surface area contributed by atoms with Gasteiger partial charge in [0.1, 0.15) is 6.61 Å². The van der Waals surface area contributed by atoms with Crippen LogP contribution >= 0.6 is 0 Å². The van der Waals surface area contributed by atoms with E-state index in [1.165, 1.54) is 38.5 Å². The molecule has 0 aromatic heterocycles. The summed E-state index contributed by atoms with van der Waals surface area (Å²) < 4.78 is 76.4. The zero-order valence-corrected chi connectivity index (χ0v) is 21.3. The first-order valence-corrected chi connectivity index (χ1v) is 13.1. The van der Waals surface area contributed by atoms with Gasteiger partial charge in [-0.1, -0.05) is 77.6 Å². The Labute approximate surface area is 210 Å². The van der Waals surface area contributed by atoms with Crippen molar-refractivity contribution in [2.24, 2.45) is 0 Å². The van der Waals surface area contributed by atoms with Crippen molar-refractivity contribution in [2.75, 3.05) is 6.61 Å². The van der Waals surface area contributed by atoms with Gasteiger partial charge in [-0.15, -0.1) is 0 Å². The fourth-order valence-electron chi connectivity index (χ4n) is 3.74. The first-order chi connectivity index (χ1) is 17.3. The highest BCUT2D eigenvalue weighted by Gasteiger charge is 2.26. The van der Waals surface area contributed by atoms with E-state index in [0.29, 0.717) is 25.9 Å². The van der Waals surface area contributed by atoms with Crippen LogP contribution < -0.4 is 0 Å². The molecule has 36 heavy (non-hydrogen) atoms. The molecule has 0 heterocycles. The summed E-state index contributed by atoms with van der Waals surface area (Å²) in [7, 11) is 0. The van der Waals surface area contributed by atoms with E-state index in [4.69, 9.17) is 4.74 Å². The Morgan fingerprint density at radius 2 is 0.917 bits per heavy atom. The zero-order chi connectivity index (χ0) is 26.8. The molecular weight excluding hydrogens is 483 g/mol. The Morgan fingerprint density at radius 1 is 0.528 bits per heavy atom. The molecule has 1 rings (SSSR count). The number of ether oxygens (including phenoxy) is 2. The summed E-state index contributed by atoms with van der Waals surface area (Å²) >= 11 is 0. The van der Waals surface area contributed by atoms with Gasteiger partial charge in [0.2, 0.25) is 5.82 Å². The number of rotatable bonds is 20. The minimum absolute atomic E-state index is 0.0273. The predicted octanol–water partition coefficient (Wildman–Crippen LogP) is 8.23. The van der Waals surface area contributed by atoms with E-state index in [0.717, 1.165) is 38.5 Å². The molecule has 1 aromatic carbocycles. The molecule has 0 atom stereocenters. The third kappa shape index (κ3) is 12.7. The molecule has 4 nitrogen and oxygen atoms in total. The summed E-state index contributed by atoms with van der Waals surface area (Å²) in [6.45, 7) is 1.65. The molecular formula is C27H39F5O4. The van der Waals surface area contributed by atoms with E-state index in [1.807, 2.05) is 0 Å². The molecule has 0 N–H and O–H groups in total. The van der Waals surface area contributed by atoms with Gasteiger partial charge >= 0.3 is 11.9 Å². The van der Waals surface area contributed by atoms with Crippen LogP contribution in [0.4, 0.5) is 22.0 Å². The Hall–Kier alpha value is -2.19. The number of halogens is 5. The van der Waals surface area contributed by atoms with Crippen LogP contribution in [-0.4, -0.2) is 18.5 Å². The Morgan fingerprint density at radius 3 is 1.42 bits per heavy atom. The number of carbonyl (C=O) groups excluding carboxylic acids is 2. The smallest absolute Gasteiger partial charge is 0.306 e. The second kappa shape index (κ2) is 19.0. The molecule has 0 aliphatic rings. The fraction of sp³-hybridized carbons (Fsp3) is 0.704. The second-order valence-corrected chi connectivity index (χ2v) is 9.03. The van der Waals surface area contributed by atoms with Crippen molar-refractivity contribution in [3.8, 4) is 0 Å². The van der Waals surface area contributed by atoms with E-state index < -0.39 is 47.2 Å². The lowest BCUT2D eigenvalue weighted by atomic mass is 10.1. The van der Waals surface area contributed by atoms with Gasteiger partial charge in [0.15, 0.2) is 23.3 Å². The first-order valence-electron chi connectivity index (χ1n) is 13.1. The van der Waals surface area contributed by atoms with Crippen molar-refractivity contribution in [1.82, 2.24) is 0 Å².